The molecule has 1 saturated heterocycles. The summed E-state index contributed by atoms with van der Waals surface area (Å²) in [5.74, 6) is -3.07. The van der Waals surface area contributed by atoms with E-state index in [2.05, 4.69) is 10.6 Å². The molecule has 170 valence electrons. The first-order valence-corrected chi connectivity index (χ1v) is 10.5. The summed E-state index contributed by atoms with van der Waals surface area (Å²) in [5, 5.41) is 4.28. The molecule has 3 rings (SSSR count). The van der Waals surface area contributed by atoms with E-state index >= 15 is 0 Å². The summed E-state index contributed by atoms with van der Waals surface area (Å²) in [6.45, 7) is 1.36. The Balaban J connectivity index is 1.58. The Hall–Kier alpha value is -3.99. The van der Waals surface area contributed by atoms with E-state index in [0.29, 0.717) is 33.6 Å². The average Bonchev–Trinajstić information content (AvgIpc) is 3.03. The van der Waals surface area contributed by atoms with E-state index in [1.54, 1.807) is 6.92 Å². The van der Waals surface area contributed by atoms with Crippen LogP contribution in [0.3, 0.4) is 0 Å². The number of nitrogens with zero attached hydrogens (tertiary/aromatic N) is 1. The van der Waals surface area contributed by atoms with Crippen LogP contribution < -0.4 is 10.6 Å². The molecule has 2 aromatic rings. The monoisotopic (exact) mass is 471 g/mol. The molecule has 0 atom stereocenters. The highest BCUT2D eigenvalue weighted by Gasteiger charge is 2.36. The number of ether oxygens (including phenoxy) is 1. The van der Waals surface area contributed by atoms with Crippen LogP contribution in [-0.2, 0) is 19.1 Å². The van der Waals surface area contributed by atoms with Crippen LogP contribution in [0.25, 0.3) is 0 Å². The molecule has 11 heteroatoms. The lowest BCUT2D eigenvalue weighted by molar-refractivity contribution is -0.127. The summed E-state index contributed by atoms with van der Waals surface area (Å²) in [7, 11) is 0. The molecular weight excluding hydrogens is 453 g/mol. The number of carbonyl (C=O) groups is 5. The SMILES string of the molecule is CCOC(=O)c1ccc(NC(=O)CN2C(=O)S/C(=C\C(=O)Nc3ccc(F)cc3)C2=O)cc1. The smallest absolute Gasteiger partial charge is 0.338 e. The van der Waals surface area contributed by atoms with Crippen LogP contribution >= 0.6 is 11.8 Å². The zero-order valence-corrected chi connectivity index (χ0v) is 18.1. The van der Waals surface area contributed by atoms with Gasteiger partial charge in [-0.05, 0) is 67.2 Å². The zero-order valence-electron chi connectivity index (χ0n) is 17.3. The van der Waals surface area contributed by atoms with Gasteiger partial charge in [0.2, 0.25) is 11.8 Å². The molecule has 1 aliphatic heterocycles. The minimum atomic E-state index is -0.785. The number of imide groups is 1. The molecule has 1 heterocycles. The van der Waals surface area contributed by atoms with Gasteiger partial charge in [0.1, 0.15) is 12.4 Å². The van der Waals surface area contributed by atoms with E-state index in [1.165, 1.54) is 36.4 Å². The second-order valence-corrected chi connectivity index (χ2v) is 7.60. The molecular formula is C22H18FN3O6S. The molecule has 0 unspecified atom stereocenters. The maximum absolute atomic E-state index is 12.9. The quantitative estimate of drug-likeness (QED) is 0.470. The van der Waals surface area contributed by atoms with Gasteiger partial charge < -0.3 is 15.4 Å². The molecule has 0 bridgehead atoms. The third-order valence-electron chi connectivity index (χ3n) is 4.23. The number of thioether (sulfide) groups is 1. The highest BCUT2D eigenvalue weighted by Crippen LogP contribution is 2.30. The zero-order chi connectivity index (χ0) is 24.0. The number of halogens is 1. The first-order valence-electron chi connectivity index (χ1n) is 9.65. The molecule has 0 radical (unpaired) electrons. The minimum Gasteiger partial charge on any atom is -0.462 e. The predicted octanol–water partition coefficient (Wildman–Crippen LogP) is 3.16. The summed E-state index contributed by atoms with van der Waals surface area (Å²) in [6, 6.07) is 10.9. The fourth-order valence-electron chi connectivity index (χ4n) is 2.72. The van der Waals surface area contributed by atoms with Crippen molar-refractivity contribution < 1.29 is 33.1 Å². The van der Waals surface area contributed by atoms with Gasteiger partial charge in [0.25, 0.3) is 11.1 Å². The molecule has 2 N–H and O–H groups in total. The van der Waals surface area contributed by atoms with Gasteiger partial charge in [-0.3, -0.25) is 24.1 Å². The number of amides is 4. The van der Waals surface area contributed by atoms with E-state index in [0.717, 1.165) is 18.2 Å². The fraction of sp³-hybridized carbons (Fsp3) is 0.136. The van der Waals surface area contributed by atoms with Gasteiger partial charge in [-0.1, -0.05) is 0 Å². The van der Waals surface area contributed by atoms with Gasteiger partial charge in [0.05, 0.1) is 17.1 Å². The summed E-state index contributed by atoms with van der Waals surface area (Å²) in [5.41, 5.74) is 0.976. The molecule has 1 aliphatic rings. The molecule has 0 aromatic heterocycles. The van der Waals surface area contributed by atoms with Crippen LogP contribution in [0.15, 0.2) is 59.5 Å². The first kappa shape index (κ1) is 23.7. The van der Waals surface area contributed by atoms with Crippen molar-refractivity contribution in [1.29, 1.82) is 0 Å². The van der Waals surface area contributed by atoms with Crippen LogP contribution in [0.5, 0.6) is 0 Å². The van der Waals surface area contributed by atoms with E-state index in [-0.39, 0.29) is 11.5 Å². The first-order chi connectivity index (χ1) is 15.8. The van der Waals surface area contributed by atoms with Crippen molar-refractivity contribution >= 4 is 52.1 Å². The number of esters is 1. The van der Waals surface area contributed by atoms with Gasteiger partial charge in [-0.2, -0.15) is 0 Å². The van der Waals surface area contributed by atoms with E-state index in [1.807, 2.05) is 0 Å². The fourth-order valence-corrected chi connectivity index (χ4v) is 3.52. The third-order valence-corrected chi connectivity index (χ3v) is 5.14. The molecule has 0 saturated carbocycles. The molecule has 9 nitrogen and oxygen atoms in total. The Labute approximate surface area is 192 Å². The highest BCUT2D eigenvalue weighted by molar-refractivity contribution is 8.18. The number of rotatable bonds is 7. The average molecular weight is 471 g/mol. The van der Waals surface area contributed by atoms with Crippen molar-refractivity contribution in [3.05, 3.63) is 70.9 Å². The molecule has 1 fully saturated rings. The third kappa shape index (κ3) is 6.26. The Bertz CT molecular complexity index is 1130. The number of nitrogens with one attached hydrogen (secondary N) is 2. The maximum atomic E-state index is 12.9. The standard InChI is InChI=1S/C22H18FN3O6S/c1-2-32-21(30)13-3-7-15(8-4-13)25-19(28)12-26-20(29)17(33-22(26)31)11-18(27)24-16-9-5-14(23)6-10-16/h3-11H,2,12H2,1H3,(H,24,27)(H,25,28)/b17-11-. The molecule has 4 amide bonds. The summed E-state index contributed by atoms with van der Waals surface area (Å²) >= 11 is 0.528. The second-order valence-electron chi connectivity index (χ2n) is 6.61. The van der Waals surface area contributed by atoms with Crippen LogP contribution in [0, 0.1) is 5.82 Å². The van der Waals surface area contributed by atoms with Crippen molar-refractivity contribution in [3.8, 4) is 0 Å². The van der Waals surface area contributed by atoms with Gasteiger partial charge in [-0.25, -0.2) is 9.18 Å². The van der Waals surface area contributed by atoms with E-state index in [4.69, 9.17) is 4.74 Å². The number of carbonyl (C=O) groups excluding carboxylic acids is 5. The lowest BCUT2D eigenvalue weighted by atomic mass is 10.2. The van der Waals surface area contributed by atoms with E-state index < -0.39 is 41.3 Å². The maximum Gasteiger partial charge on any atom is 0.338 e. The van der Waals surface area contributed by atoms with Crippen LogP contribution in [0.1, 0.15) is 17.3 Å². The van der Waals surface area contributed by atoms with Crippen molar-refractivity contribution in [3.63, 3.8) is 0 Å². The molecule has 0 aliphatic carbocycles. The lowest BCUT2D eigenvalue weighted by Gasteiger charge is -2.12. The topological polar surface area (TPSA) is 122 Å². The second kappa shape index (κ2) is 10.6. The normalized spacial score (nSPS) is 14.4. The molecule has 0 spiro atoms. The minimum absolute atomic E-state index is 0.147. The largest absolute Gasteiger partial charge is 0.462 e. The van der Waals surface area contributed by atoms with Gasteiger partial charge in [-0.15, -0.1) is 0 Å². The Kier molecular flexibility index (Phi) is 7.57. The summed E-state index contributed by atoms with van der Waals surface area (Å²) in [6.07, 6.45) is 0.945. The summed E-state index contributed by atoms with van der Waals surface area (Å²) < 4.78 is 17.8. The van der Waals surface area contributed by atoms with Gasteiger partial charge in [0, 0.05) is 17.5 Å². The Morgan fingerprint density at radius 1 is 1.00 bits per heavy atom. The van der Waals surface area contributed by atoms with Crippen molar-refractivity contribution in [1.82, 2.24) is 4.90 Å². The van der Waals surface area contributed by atoms with Crippen molar-refractivity contribution in [2.24, 2.45) is 0 Å². The Morgan fingerprint density at radius 3 is 2.24 bits per heavy atom. The van der Waals surface area contributed by atoms with Crippen molar-refractivity contribution in [2.45, 2.75) is 6.92 Å². The van der Waals surface area contributed by atoms with Crippen LogP contribution in [-0.4, -0.2) is 47.0 Å². The number of hydrogen-bond donors (Lipinski definition) is 2. The number of hydrogen-bond acceptors (Lipinski definition) is 7. The van der Waals surface area contributed by atoms with E-state index in [9.17, 15) is 28.4 Å². The van der Waals surface area contributed by atoms with Crippen LogP contribution in [0.4, 0.5) is 20.6 Å². The number of benzene rings is 2. The molecule has 33 heavy (non-hydrogen) atoms. The number of anilines is 2. The van der Waals surface area contributed by atoms with Gasteiger partial charge in [0.15, 0.2) is 0 Å². The lowest BCUT2D eigenvalue weighted by Crippen LogP contribution is -2.36. The molecule has 2 aromatic carbocycles. The predicted molar refractivity (Wildman–Crippen MR) is 119 cm³/mol. The Morgan fingerprint density at radius 2 is 1.61 bits per heavy atom. The van der Waals surface area contributed by atoms with Gasteiger partial charge >= 0.3 is 5.97 Å². The van der Waals surface area contributed by atoms with Crippen LogP contribution in [0.2, 0.25) is 0 Å². The highest BCUT2D eigenvalue weighted by atomic mass is 32.2. The van der Waals surface area contributed by atoms with Crippen molar-refractivity contribution in [2.75, 3.05) is 23.8 Å². The summed E-state index contributed by atoms with van der Waals surface area (Å²) in [4.78, 5) is 61.3.